The van der Waals surface area contributed by atoms with Gasteiger partial charge in [-0.25, -0.2) is 0 Å². The van der Waals surface area contributed by atoms with Crippen LogP contribution in [-0.4, -0.2) is 21.8 Å². The first kappa shape index (κ1) is 12.4. The number of rotatable bonds is 6. The number of aliphatic carboxylic acids is 1. The third kappa shape index (κ3) is 3.35. The molecule has 0 heterocycles. The molecule has 0 aliphatic carbocycles. The number of aliphatic hydroxyl groups is 1. The average Bonchev–Trinajstić information content (AvgIpc) is 2.03. The number of carboxylic acids is 1. The Bertz CT molecular complexity index is 160. The highest BCUT2D eigenvalue weighted by atomic mass is 16.4. The van der Waals surface area contributed by atoms with E-state index in [4.69, 9.17) is 5.11 Å². The lowest BCUT2D eigenvalue weighted by atomic mass is 9.81. The molecule has 0 bridgehead atoms. The predicted octanol–water partition coefficient (Wildman–Crippen LogP) is 2.04. The molecule has 13 heavy (non-hydrogen) atoms. The van der Waals surface area contributed by atoms with Gasteiger partial charge in [-0.3, -0.25) is 4.79 Å². The Morgan fingerprint density at radius 1 is 1.31 bits per heavy atom. The molecule has 1 unspecified atom stereocenters. The van der Waals surface area contributed by atoms with Crippen LogP contribution in [0, 0.1) is 5.92 Å². The molecule has 3 heteroatoms. The minimum atomic E-state index is -1.02. The van der Waals surface area contributed by atoms with E-state index < -0.39 is 17.5 Å². The van der Waals surface area contributed by atoms with Crippen molar-refractivity contribution in [2.75, 3.05) is 0 Å². The summed E-state index contributed by atoms with van der Waals surface area (Å²) in [5, 5.41) is 18.9. The van der Waals surface area contributed by atoms with Crippen LogP contribution in [-0.2, 0) is 4.79 Å². The normalized spacial score (nSPS) is 14.2. The molecular weight excluding hydrogens is 168 g/mol. The van der Waals surface area contributed by atoms with E-state index in [0.29, 0.717) is 12.8 Å². The Morgan fingerprint density at radius 2 is 1.69 bits per heavy atom. The van der Waals surface area contributed by atoms with Gasteiger partial charge in [0.05, 0.1) is 11.5 Å². The summed E-state index contributed by atoms with van der Waals surface area (Å²) in [5.74, 6) is -1.59. The molecule has 0 aromatic carbocycles. The van der Waals surface area contributed by atoms with Crippen LogP contribution in [0.25, 0.3) is 0 Å². The van der Waals surface area contributed by atoms with E-state index in [2.05, 4.69) is 0 Å². The average molecular weight is 188 g/mol. The molecular formula is C10H20O3. The van der Waals surface area contributed by atoms with Gasteiger partial charge in [-0.1, -0.05) is 26.7 Å². The largest absolute Gasteiger partial charge is 0.481 e. The van der Waals surface area contributed by atoms with Crippen LogP contribution in [0.1, 0.15) is 46.5 Å². The molecule has 78 valence electrons. The highest BCUT2D eigenvalue weighted by Gasteiger charge is 2.36. The zero-order valence-electron chi connectivity index (χ0n) is 8.71. The van der Waals surface area contributed by atoms with Gasteiger partial charge in [-0.2, -0.15) is 0 Å². The van der Waals surface area contributed by atoms with Crippen LogP contribution >= 0.6 is 0 Å². The van der Waals surface area contributed by atoms with Gasteiger partial charge in [-0.15, -0.1) is 0 Å². The lowest BCUT2D eigenvalue weighted by Gasteiger charge is -2.31. The van der Waals surface area contributed by atoms with Crippen molar-refractivity contribution in [3.63, 3.8) is 0 Å². The van der Waals surface area contributed by atoms with Crippen molar-refractivity contribution in [2.24, 2.45) is 5.92 Å². The van der Waals surface area contributed by atoms with E-state index in [1.807, 2.05) is 13.8 Å². The fourth-order valence-electron chi connectivity index (χ4n) is 1.65. The third-order valence-electron chi connectivity index (χ3n) is 2.54. The molecule has 3 nitrogen and oxygen atoms in total. The molecule has 0 aromatic heterocycles. The van der Waals surface area contributed by atoms with E-state index in [9.17, 15) is 9.90 Å². The summed E-state index contributed by atoms with van der Waals surface area (Å²) in [5.41, 5.74) is -1.02. The van der Waals surface area contributed by atoms with Crippen molar-refractivity contribution in [1.29, 1.82) is 0 Å². The molecule has 2 N–H and O–H groups in total. The molecule has 0 spiro atoms. The second kappa shape index (κ2) is 5.22. The Balaban J connectivity index is 4.45. The topological polar surface area (TPSA) is 57.5 Å². The monoisotopic (exact) mass is 188 g/mol. The van der Waals surface area contributed by atoms with E-state index in [-0.39, 0.29) is 0 Å². The summed E-state index contributed by atoms with van der Waals surface area (Å²) in [6.07, 6.45) is 2.75. The first-order chi connectivity index (χ1) is 5.98. The van der Waals surface area contributed by atoms with Crippen LogP contribution in [0.5, 0.6) is 0 Å². The van der Waals surface area contributed by atoms with E-state index in [1.54, 1.807) is 6.92 Å². The maximum absolute atomic E-state index is 10.7. The van der Waals surface area contributed by atoms with Crippen LogP contribution in [0.4, 0.5) is 0 Å². The summed E-state index contributed by atoms with van der Waals surface area (Å²) in [4.78, 5) is 10.7. The second-order valence-corrected chi connectivity index (χ2v) is 3.66. The lowest BCUT2D eigenvalue weighted by molar-refractivity contribution is -0.152. The molecule has 0 fully saturated rings. The molecule has 0 rings (SSSR count). The zero-order chi connectivity index (χ0) is 10.5. The number of hydrogen-bond acceptors (Lipinski definition) is 2. The van der Waals surface area contributed by atoms with Gasteiger partial charge in [0, 0.05) is 0 Å². The molecule has 0 amide bonds. The predicted molar refractivity (Wildman–Crippen MR) is 51.6 cm³/mol. The number of carboxylic acid groups (broad SMARTS) is 1. The van der Waals surface area contributed by atoms with Crippen LogP contribution < -0.4 is 0 Å². The van der Waals surface area contributed by atoms with Gasteiger partial charge < -0.3 is 10.2 Å². The highest BCUT2D eigenvalue weighted by molar-refractivity contribution is 5.71. The lowest BCUT2D eigenvalue weighted by Crippen LogP contribution is -2.40. The van der Waals surface area contributed by atoms with Crippen molar-refractivity contribution in [3.8, 4) is 0 Å². The van der Waals surface area contributed by atoms with Crippen molar-refractivity contribution in [1.82, 2.24) is 0 Å². The van der Waals surface area contributed by atoms with Crippen molar-refractivity contribution in [2.45, 2.75) is 52.1 Å². The van der Waals surface area contributed by atoms with Crippen molar-refractivity contribution >= 4 is 5.97 Å². The maximum atomic E-state index is 10.7. The molecule has 0 radical (unpaired) electrons. The van der Waals surface area contributed by atoms with E-state index in [0.717, 1.165) is 12.8 Å². The summed E-state index contributed by atoms with van der Waals surface area (Å²) < 4.78 is 0. The standard InChI is InChI=1S/C10H20O3/c1-4-6-10(13,7-5-2)8(3)9(11)12/h8,13H,4-7H2,1-3H3,(H,11,12). The van der Waals surface area contributed by atoms with Gasteiger partial charge in [-0.05, 0) is 19.8 Å². The van der Waals surface area contributed by atoms with Crippen LogP contribution in [0.2, 0.25) is 0 Å². The molecule has 0 aromatic rings. The van der Waals surface area contributed by atoms with Crippen LogP contribution in [0.3, 0.4) is 0 Å². The zero-order valence-corrected chi connectivity index (χ0v) is 8.71. The van der Waals surface area contributed by atoms with E-state index in [1.165, 1.54) is 0 Å². The summed E-state index contributed by atoms with van der Waals surface area (Å²) in [6, 6.07) is 0. The second-order valence-electron chi connectivity index (χ2n) is 3.66. The summed E-state index contributed by atoms with van der Waals surface area (Å²) in [7, 11) is 0. The van der Waals surface area contributed by atoms with Crippen molar-refractivity contribution < 1.29 is 15.0 Å². The highest BCUT2D eigenvalue weighted by Crippen LogP contribution is 2.28. The first-order valence-electron chi connectivity index (χ1n) is 4.93. The minimum Gasteiger partial charge on any atom is -0.481 e. The Labute approximate surface area is 79.8 Å². The number of carbonyl (C=O) groups is 1. The number of hydrogen-bond donors (Lipinski definition) is 2. The SMILES string of the molecule is CCCC(O)(CCC)C(C)C(=O)O. The van der Waals surface area contributed by atoms with Gasteiger partial charge in [0.15, 0.2) is 0 Å². The molecule has 0 aliphatic heterocycles. The fraction of sp³-hybridized carbons (Fsp3) is 0.900. The van der Waals surface area contributed by atoms with Gasteiger partial charge >= 0.3 is 5.97 Å². The third-order valence-corrected chi connectivity index (χ3v) is 2.54. The van der Waals surface area contributed by atoms with Gasteiger partial charge in [0.1, 0.15) is 0 Å². The van der Waals surface area contributed by atoms with Gasteiger partial charge in [0.25, 0.3) is 0 Å². The minimum absolute atomic E-state index is 0.564. The quantitative estimate of drug-likeness (QED) is 0.670. The molecule has 1 atom stereocenters. The fourth-order valence-corrected chi connectivity index (χ4v) is 1.65. The summed E-state index contributed by atoms with van der Waals surface area (Å²) >= 11 is 0. The van der Waals surface area contributed by atoms with E-state index >= 15 is 0 Å². The smallest absolute Gasteiger partial charge is 0.309 e. The van der Waals surface area contributed by atoms with Crippen molar-refractivity contribution in [3.05, 3.63) is 0 Å². The molecule has 0 aliphatic rings. The Kier molecular flexibility index (Phi) is 4.99. The summed E-state index contributed by atoms with van der Waals surface area (Å²) in [6.45, 7) is 5.48. The van der Waals surface area contributed by atoms with Crippen LogP contribution in [0.15, 0.2) is 0 Å². The Morgan fingerprint density at radius 3 is 1.92 bits per heavy atom. The first-order valence-corrected chi connectivity index (χ1v) is 4.93. The molecule has 0 saturated heterocycles. The maximum Gasteiger partial charge on any atom is 0.309 e. The Hall–Kier alpha value is -0.570. The molecule has 0 saturated carbocycles. The van der Waals surface area contributed by atoms with Gasteiger partial charge in [0.2, 0.25) is 0 Å².